The van der Waals surface area contributed by atoms with Crippen molar-refractivity contribution in [1.82, 2.24) is 10.2 Å². The Bertz CT molecular complexity index is 173. The predicted octanol–water partition coefficient (Wildman–Crippen LogP) is 1.38. The summed E-state index contributed by atoms with van der Waals surface area (Å²) in [6.07, 6.45) is 2.40. The predicted molar refractivity (Wildman–Crippen MR) is 83.4 cm³/mol. The van der Waals surface area contributed by atoms with Crippen LogP contribution in [0.25, 0.3) is 0 Å². The van der Waals surface area contributed by atoms with Crippen molar-refractivity contribution in [2.24, 2.45) is 0 Å². The number of hydrogen-bond donors (Lipinski definition) is 1. The van der Waals surface area contributed by atoms with Gasteiger partial charge in [0, 0.05) is 40.0 Å². The Morgan fingerprint density at radius 3 is 2.00 bits per heavy atom. The SMILES string of the molecule is CCOCCN(CCCCNCCOC)CCOCC. The van der Waals surface area contributed by atoms with Gasteiger partial charge >= 0.3 is 0 Å². The van der Waals surface area contributed by atoms with Gasteiger partial charge in [-0.3, -0.25) is 4.90 Å². The molecule has 0 aliphatic heterocycles. The molecule has 20 heavy (non-hydrogen) atoms. The van der Waals surface area contributed by atoms with E-state index in [1.54, 1.807) is 7.11 Å². The van der Waals surface area contributed by atoms with Gasteiger partial charge in [0.1, 0.15) is 0 Å². The first kappa shape index (κ1) is 19.8. The minimum absolute atomic E-state index is 0.787. The van der Waals surface area contributed by atoms with E-state index in [-0.39, 0.29) is 0 Å². The molecule has 0 aromatic rings. The summed E-state index contributed by atoms with van der Waals surface area (Å²) >= 11 is 0. The van der Waals surface area contributed by atoms with Gasteiger partial charge in [0.2, 0.25) is 0 Å². The first-order valence-corrected chi connectivity index (χ1v) is 7.92. The van der Waals surface area contributed by atoms with Crippen molar-refractivity contribution < 1.29 is 14.2 Å². The van der Waals surface area contributed by atoms with Crippen LogP contribution in [0.4, 0.5) is 0 Å². The maximum atomic E-state index is 5.43. The van der Waals surface area contributed by atoms with E-state index in [2.05, 4.69) is 10.2 Å². The number of ether oxygens (including phenoxy) is 3. The van der Waals surface area contributed by atoms with Gasteiger partial charge in [0.15, 0.2) is 0 Å². The van der Waals surface area contributed by atoms with Gasteiger partial charge in [-0.05, 0) is 39.8 Å². The highest BCUT2D eigenvalue weighted by atomic mass is 16.5. The first-order valence-electron chi connectivity index (χ1n) is 7.92. The van der Waals surface area contributed by atoms with Gasteiger partial charge in [-0.1, -0.05) is 0 Å². The van der Waals surface area contributed by atoms with Crippen LogP contribution in [0, 0.1) is 0 Å². The number of methoxy groups -OCH3 is 1. The van der Waals surface area contributed by atoms with Gasteiger partial charge in [-0.15, -0.1) is 0 Å². The molecule has 0 radical (unpaired) electrons. The van der Waals surface area contributed by atoms with Gasteiger partial charge in [0.25, 0.3) is 0 Å². The Kier molecular flexibility index (Phi) is 16.7. The Balaban J connectivity index is 3.56. The second-order valence-electron chi connectivity index (χ2n) is 4.69. The lowest BCUT2D eigenvalue weighted by atomic mass is 10.3. The monoisotopic (exact) mass is 290 g/mol. The van der Waals surface area contributed by atoms with Crippen molar-refractivity contribution >= 4 is 0 Å². The van der Waals surface area contributed by atoms with E-state index in [1.807, 2.05) is 13.8 Å². The third-order valence-corrected chi connectivity index (χ3v) is 3.07. The van der Waals surface area contributed by atoms with Crippen LogP contribution in [0.3, 0.4) is 0 Å². The lowest BCUT2D eigenvalue weighted by Gasteiger charge is -2.22. The number of rotatable bonds is 16. The van der Waals surface area contributed by atoms with E-state index in [0.717, 1.165) is 65.8 Å². The molecular formula is C15H34N2O3. The lowest BCUT2D eigenvalue weighted by molar-refractivity contribution is 0.0821. The second kappa shape index (κ2) is 16.9. The second-order valence-corrected chi connectivity index (χ2v) is 4.69. The molecule has 0 saturated carbocycles. The zero-order chi connectivity index (χ0) is 14.9. The van der Waals surface area contributed by atoms with Crippen molar-refractivity contribution in [2.45, 2.75) is 26.7 Å². The molecule has 0 aromatic carbocycles. The highest BCUT2D eigenvalue weighted by molar-refractivity contribution is 4.59. The molecule has 122 valence electrons. The summed E-state index contributed by atoms with van der Waals surface area (Å²) in [6.45, 7) is 13.2. The van der Waals surface area contributed by atoms with Gasteiger partial charge in [-0.25, -0.2) is 0 Å². The van der Waals surface area contributed by atoms with Gasteiger partial charge in [0.05, 0.1) is 19.8 Å². The van der Waals surface area contributed by atoms with Crippen LogP contribution < -0.4 is 5.32 Å². The van der Waals surface area contributed by atoms with Crippen LogP contribution >= 0.6 is 0 Å². The standard InChI is InChI=1S/C15H34N2O3/c1-4-19-14-11-17(12-15-20-5-2)10-7-6-8-16-9-13-18-3/h16H,4-15H2,1-3H3. The molecule has 0 rings (SSSR count). The lowest BCUT2D eigenvalue weighted by Crippen LogP contribution is -2.32. The summed E-state index contributed by atoms with van der Waals surface area (Å²) in [6, 6.07) is 0. The van der Waals surface area contributed by atoms with Crippen LogP contribution in [-0.2, 0) is 14.2 Å². The van der Waals surface area contributed by atoms with E-state index in [0.29, 0.717) is 0 Å². The minimum atomic E-state index is 0.787. The van der Waals surface area contributed by atoms with E-state index >= 15 is 0 Å². The smallest absolute Gasteiger partial charge is 0.0593 e. The Labute approximate surface area is 124 Å². The van der Waals surface area contributed by atoms with Crippen molar-refractivity contribution in [3.8, 4) is 0 Å². The van der Waals surface area contributed by atoms with Crippen LogP contribution in [-0.4, -0.2) is 77.8 Å². The van der Waals surface area contributed by atoms with Crippen molar-refractivity contribution in [3.63, 3.8) is 0 Å². The summed E-state index contributed by atoms with van der Waals surface area (Å²) in [5.41, 5.74) is 0. The quantitative estimate of drug-likeness (QED) is 0.435. The molecule has 5 nitrogen and oxygen atoms in total. The van der Waals surface area contributed by atoms with Crippen molar-refractivity contribution in [2.75, 3.05) is 72.9 Å². The zero-order valence-corrected chi connectivity index (χ0v) is 13.7. The average Bonchev–Trinajstić information content (AvgIpc) is 2.46. The topological polar surface area (TPSA) is 43.0 Å². The fourth-order valence-electron chi connectivity index (χ4n) is 1.90. The van der Waals surface area contributed by atoms with E-state index < -0.39 is 0 Å². The maximum absolute atomic E-state index is 5.43. The molecule has 0 aliphatic rings. The van der Waals surface area contributed by atoms with Crippen molar-refractivity contribution in [1.29, 1.82) is 0 Å². The van der Waals surface area contributed by atoms with E-state index in [9.17, 15) is 0 Å². The van der Waals surface area contributed by atoms with Gasteiger partial charge < -0.3 is 19.5 Å². The summed E-state index contributed by atoms with van der Waals surface area (Å²) in [7, 11) is 1.73. The Morgan fingerprint density at radius 1 is 0.800 bits per heavy atom. The first-order chi connectivity index (χ1) is 9.85. The summed E-state index contributed by atoms with van der Waals surface area (Å²) in [5, 5.41) is 3.37. The van der Waals surface area contributed by atoms with Crippen LogP contribution in [0.15, 0.2) is 0 Å². The fraction of sp³-hybridized carbons (Fsp3) is 1.00. The molecule has 0 heterocycles. The van der Waals surface area contributed by atoms with Crippen LogP contribution in [0.2, 0.25) is 0 Å². The molecule has 0 aromatic heterocycles. The maximum Gasteiger partial charge on any atom is 0.0593 e. The van der Waals surface area contributed by atoms with Crippen molar-refractivity contribution in [3.05, 3.63) is 0 Å². The molecule has 0 saturated heterocycles. The largest absolute Gasteiger partial charge is 0.383 e. The molecule has 1 N–H and O–H groups in total. The fourth-order valence-corrected chi connectivity index (χ4v) is 1.90. The summed E-state index contributed by atoms with van der Waals surface area (Å²) < 4.78 is 15.9. The molecule has 0 atom stereocenters. The Morgan fingerprint density at radius 2 is 1.45 bits per heavy atom. The number of nitrogens with one attached hydrogen (secondary N) is 1. The zero-order valence-electron chi connectivity index (χ0n) is 13.7. The third-order valence-electron chi connectivity index (χ3n) is 3.07. The van der Waals surface area contributed by atoms with Gasteiger partial charge in [-0.2, -0.15) is 0 Å². The van der Waals surface area contributed by atoms with Crippen LogP contribution in [0.5, 0.6) is 0 Å². The molecule has 0 spiro atoms. The van der Waals surface area contributed by atoms with Crippen LogP contribution in [0.1, 0.15) is 26.7 Å². The number of unbranched alkanes of at least 4 members (excludes halogenated alkanes) is 1. The van der Waals surface area contributed by atoms with E-state index in [1.165, 1.54) is 12.8 Å². The normalized spacial score (nSPS) is 11.4. The highest BCUT2D eigenvalue weighted by Crippen LogP contribution is 1.96. The molecule has 0 unspecified atom stereocenters. The minimum Gasteiger partial charge on any atom is -0.383 e. The molecular weight excluding hydrogens is 256 g/mol. The Hall–Kier alpha value is -0.200. The third kappa shape index (κ3) is 14.2. The highest BCUT2D eigenvalue weighted by Gasteiger charge is 2.04. The summed E-state index contributed by atoms with van der Waals surface area (Å²) in [4.78, 5) is 2.43. The molecule has 0 bridgehead atoms. The molecule has 5 heteroatoms. The molecule has 0 fully saturated rings. The molecule has 0 aliphatic carbocycles. The average molecular weight is 290 g/mol. The summed E-state index contributed by atoms with van der Waals surface area (Å²) in [5.74, 6) is 0. The molecule has 0 amide bonds. The van der Waals surface area contributed by atoms with E-state index in [4.69, 9.17) is 14.2 Å². The number of hydrogen-bond acceptors (Lipinski definition) is 5. The number of nitrogens with zero attached hydrogens (tertiary/aromatic N) is 1.